The van der Waals surface area contributed by atoms with Crippen LogP contribution in [0.3, 0.4) is 0 Å². The number of piperidine rings is 2. The molecule has 2 fully saturated rings. The number of esters is 1. The Hall–Kier alpha value is -2.29. The Morgan fingerprint density at radius 2 is 1.97 bits per heavy atom. The molecular weight excluding hydrogens is 422 g/mol. The largest absolute Gasteiger partial charge is 0.464 e. The zero-order chi connectivity index (χ0) is 22.1. The Kier molecular flexibility index (Phi) is 8.99. The standard InChI is InChI=1S/C20H30ClN7O3/c21-17-14-23-18(28(17)15-20(30)31-13-8-24-25-22)4-5-19(29)27-11-6-16(7-12-27)26-9-2-1-3-10-26/h14,16H,1-13,15H2. The van der Waals surface area contributed by atoms with E-state index in [0.29, 0.717) is 29.9 Å². The van der Waals surface area contributed by atoms with Crippen LogP contribution in [-0.4, -0.2) is 76.6 Å². The summed E-state index contributed by atoms with van der Waals surface area (Å²) >= 11 is 6.15. The lowest BCUT2D eigenvalue weighted by atomic mass is 9.99. The fourth-order valence-electron chi connectivity index (χ4n) is 4.32. The van der Waals surface area contributed by atoms with Crippen molar-refractivity contribution in [1.29, 1.82) is 0 Å². The van der Waals surface area contributed by atoms with E-state index < -0.39 is 5.97 Å². The van der Waals surface area contributed by atoms with Gasteiger partial charge < -0.3 is 19.1 Å². The minimum Gasteiger partial charge on any atom is -0.464 e. The molecule has 0 aliphatic carbocycles. The maximum Gasteiger partial charge on any atom is 0.326 e. The molecule has 3 heterocycles. The summed E-state index contributed by atoms with van der Waals surface area (Å²) in [5.41, 5.74) is 8.24. The van der Waals surface area contributed by atoms with Gasteiger partial charge >= 0.3 is 5.97 Å². The number of halogens is 1. The number of amides is 1. The summed E-state index contributed by atoms with van der Waals surface area (Å²) in [4.78, 5) is 36.1. The van der Waals surface area contributed by atoms with Crippen molar-refractivity contribution in [2.75, 3.05) is 39.3 Å². The average molecular weight is 452 g/mol. The van der Waals surface area contributed by atoms with Gasteiger partial charge in [0.25, 0.3) is 0 Å². The second-order valence-corrected chi connectivity index (χ2v) is 8.35. The van der Waals surface area contributed by atoms with Crippen molar-refractivity contribution in [3.05, 3.63) is 27.6 Å². The minimum absolute atomic E-state index is 0.0103. The minimum atomic E-state index is -0.500. The lowest BCUT2D eigenvalue weighted by Gasteiger charge is -2.40. The van der Waals surface area contributed by atoms with Gasteiger partial charge in [0.15, 0.2) is 0 Å². The van der Waals surface area contributed by atoms with E-state index in [1.165, 1.54) is 38.5 Å². The zero-order valence-electron chi connectivity index (χ0n) is 17.8. The highest BCUT2D eigenvalue weighted by Gasteiger charge is 2.27. The Morgan fingerprint density at radius 1 is 1.23 bits per heavy atom. The van der Waals surface area contributed by atoms with E-state index in [1.807, 2.05) is 4.90 Å². The summed E-state index contributed by atoms with van der Waals surface area (Å²) in [5.74, 6) is 0.189. The molecule has 0 spiro atoms. The fraction of sp³-hybridized carbons (Fsp3) is 0.750. The third-order valence-electron chi connectivity index (χ3n) is 5.98. The number of nitrogens with zero attached hydrogens (tertiary/aromatic N) is 7. The molecular formula is C20H30ClN7O3. The topological polar surface area (TPSA) is 116 Å². The molecule has 1 aromatic heterocycles. The third-order valence-corrected chi connectivity index (χ3v) is 6.28. The van der Waals surface area contributed by atoms with E-state index in [9.17, 15) is 9.59 Å². The molecule has 31 heavy (non-hydrogen) atoms. The third kappa shape index (κ3) is 6.85. The molecule has 170 valence electrons. The van der Waals surface area contributed by atoms with Crippen LogP contribution in [0.25, 0.3) is 10.4 Å². The molecule has 0 unspecified atom stereocenters. The molecule has 11 heteroatoms. The van der Waals surface area contributed by atoms with Crippen LogP contribution in [0.1, 0.15) is 44.3 Å². The first-order chi connectivity index (χ1) is 15.1. The van der Waals surface area contributed by atoms with Gasteiger partial charge in [-0.1, -0.05) is 23.1 Å². The Labute approximate surface area is 187 Å². The highest BCUT2D eigenvalue weighted by molar-refractivity contribution is 6.29. The second-order valence-electron chi connectivity index (χ2n) is 7.97. The monoisotopic (exact) mass is 451 g/mol. The van der Waals surface area contributed by atoms with E-state index in [4.69, 9.17) is 21.9 Å². The van der Waals surface area contributed by atoms with Gasteiger partial charge in [0.1, 0.15) is 17.5 Å². The first-order valence-electron chi connectivity index (χ1n) is 11.0. The number of rotatable bonds is 9. The van der Waals surface area contributed by atoms with Gasteiger partial charge in [0.05, 0.1) is 19.3 Å². The van der Waals surface area contributed by atoms with Crippen LogP contribution in [0.4, 0.5) is 0 Å². The van der Waals surface area contributed by atoms with Crippen LogP contribution in [0, 0.1) is 0 Å². The van der Waals surface area contributed by atoms with Crippen molar-refractivity contribution in [3.63, 3.8) is 0 Å². The SMILES string of the molecule is [N-]=[N+]=NCCOC(=O)Cn1c(Cl)cnc1CCC(=O)N1CCC(N2CCCCC2)CC1. The molecule has 0 saturated carbocycles. The summed E-state index contributed by atoms with van der Waals surface area (Å²) in [6.07, 6.45) is 8.18. The van der Waals surface area contributed by atoms with Crippen LogP contribution in [0.15, 0.2) is 11.3 Å². The number of aromatic nitrogens is 2. The molecule has 0 bridgehead atoms. The molecule has 0 aromatic carbocycles. The molecule has 10 nitrogen and oxygen atoms in total. The fourth-order valence-corrected chi connectivity index (χ4v) is 4.52. The normalized spacial score (nSPS) is 17.9. The summed E-state index contributed by atoms with van der Waals surface area (Å²) in [7, 11) is 0. The van der Waals surface area contributed by atoms with Crippen molar-refractivity contribution < 1.29 is 14.3 Å². The van der Waals surface area contributed by atoms with E-state index in [1.54, 1.807) is 4.57 Å². The molecule has 0 radical (unpaired) electrons. The molecule has 2 saturated heterocycles. The smallest absolute Gasteiger partial charge is 0.326 e. The van der Waals surface area contributed by atoms with Crippen molar-refractivity contribution in [3.8, 4) is 0 Å². The predicted molar refractivity (Wildman–Crippen MR) is 116 cm³/mol. The molecule has 0 N–H and O–H groups in total. The summed E-state index contributed by atoms with van der Waals surface area (Å²) < 4.78 is 6.57. The van der Waals surface area contributed by atoms with Gasteiger partial charge in [-0.3, -0.25) is 9.59 Å². The number of hydrogen-bond donors (Lipinski definition) is 0. The first-order valence-corrected chi connectivity index (χ1v) is 11.3. The highest BCUT2D eigenvalue weighted by atomic mass is 35.5. The van der Waals surface area contributed by atoms with Crippen LogP contribution < -0.4 is 0 Å². The Morgan fingerprint density at radius 3 is 2.68 bits per heavy atom. The average Bonchev–Trinajstić information content (AvgIpc) is 3.15. The van der Waals surface area contributed by atoms with Crippen LogP contribution in [-0.2, 0) is 27.3 Å². The number of ether oxygens (including phenoxy) is 1. The number of carbonyl (C=O) groups excluding carboxylic acids is 2. The van der Waals surface area contributed by atoms with Gasteiger partial charge in [0.2, 0.25) is 5.91 Å². The molecule has 3 rings (SSSR count). The Bertz CT molecular complexity index is 795. The molecule has 1 aromatic rings. The van der Waals surface area contributed by atoms with Gasteiger partial charge in [-0.15, -0.1) is 0 Å². The van der Waals surface area contributed by atoms with E-state index in [-0.39, 0.29) is 25.6 Å². The maximum atomic E-state index is 12.7. The zero-order valence-corrected chi connectivity index (χ0v) is 18.5. The number of likely N-dealkylation sites (tertiary alicyclic amines) is 2. The second kappa shape index (κ2) is 11.9. The number of imidazole rings is 1. The summed E-state index contributed by atoms with van der Waals surface area (Å²) in [6.45, 7) is 3.97. The highest BCUT2D eigenvalue weighted by Crippen LogP contribution is 2.21. The lowest BCUT2D eigenvalue weighted by Crippen LogP contribution is -2.48. The first kappa shape index (κ1) is 23.4. The Balaban J connectivity index is 1.44. The van der Waals surface area contributed by atoms with Gasteiger partial charge in [-0.2, -0.15) is 0 Å². The lowest BCUT2D eigenvalue weighted by molar-refractivity contribution is -0.144. The molecule has 2 aliphatic rings. The summed E-state index contributed by atoms with van der Waals surface area (Å²) in [6, 6.07) is 0.604. The number of carbonyl (C=O) groups is 2. The quantitative estimate of drug-likeness (QED) is 0.188. The van der Waals surface area contributed by atoms with E-state index in [2.05, 4.69) is 19.9 Å². The number of azide groups is 1. The van der Waals surface area contributed by atoms with Crippen LogP contribution in [0.5, 0.6) is 0 Å². The summed E-state index contributed by atoms with van der Waals surface area (Å²) in [5, 5.41) is 3.63. The van der Waals surface area contributed by atoms with Gasteiger partial charge in [-0.05, 0) is 44.3 Å². The molecule has 0 atom stereocenters. The van der Waals surface area contributed by atoms with E-state index >= 15 is 0 Å². The number of aryl methyl sites for hydroxylation is 1. The van der Waals surface area contributed by atoms with E-state index in [0.717, 1.165) is 25.9 Å². The van der Waals surface area contributed by atoms with Gasteiger partial charge in [-0.25, -0.2) is 4.98 Å². The molecule has 2 aliphatic heterocycles. The number of hydrogen-bond acceptors (Lipinski definition) is 6. The van der Waals surface area contributed by atoms with Crippen LogP contribution >= 0.6 is 11.6 Å². The van der Waals surface area contributed by atoms with Crippen molar-refractivity contribution in [2.24, 2.45) is 5.11 Å². The van der Waals surface area contributed by atoms with Crippen molar-refractivity contribution >= 4 is 23.5 Å². The maximum absolute atomic E-state index is 12.7. The predicted octanol–water partition coefficient (Wildman–Crippen LogP) is 2.80. The van der Waals surface area contributed by atoms with Crippen molar-refractivity contribution in [1.82, 2.24) is 19.4 Å². The van der Waals surface area contributed by atoms with Gasteiger partial charge in [0, 0.05) is 36.9 Å². The van der Waals surface area contributed by atoms with Crippen molar-refractivity contribution in [2.45, 2.75) is 57.5 Å². The van der Waals surface area contributed by atoms with Crippen LogP contribution in [0.2, 0.25) is 5.15 Å². The molecule has 1 amide bonds.